The minimum atomic E-state index is -0.265. The maximum Gasteiger partial charge on any atom is 0.272 e. The maximum absolute atomic E-state index is 11.1. The van der Waals surface area contributed by atoms with E-state index < -0.39 is 0 Å². The third-order valence-corrected chi connectivity index (χ3v) is 4.31. The fourth-order valence-corrected chi connectivity index (χ4v) is 3.30. The summed E-state index contributed by atoms with van der Waals surface area (Å²) in [5.74, 6) is 0.656. The van der Waals surface area contributed by atoms with E-state index in [1.807, 2.05) is 12.1 Å². The van der Waals surface area contributed by atoms with E-state index in [9.17, 15) is 10.1 Å². The average Bonchev–Trinajstić information content (AvgIpc) is 2.48. The van der Waals surface area contributed by atoms with Gasteiger partial charge in [-0.25, -0.2) is 0 Å². The molecule has 0 amide bonds. The number of likely N-dealkylation sites (N-methyl/N-ethyl adjacent to an activating group) is 1. The molecule has 0 saturated heterocycles. The predicted octanol–water partition coefficient (Wildman–Crippen LogP) is 3.70. The van der Waals surface area contributed by atoms with Gasteiger partial charge in [-0.15, -0.1) is 0 Å². The van der Waals surface area contributed by atoms with Crippen LogP contribution in [-0.2, 0) is 6.42 Å². The summed E-state index contributed by atoms with van der Waals surface area (Å²) in [5, 5.41) is 14.7. The Bertz CT molecular complexity index is 442. The number of benzene rings is 1. The van der Waals surface area contributed by atoms with E-state index in [-0.39, 0.29) is 10.6 Å². The van der Waals surface area contributed by atoms with Crippen LogP contribution in [0, 0.1) is 16.0 Å². The molecule has 4 heteroatoms. The minimum Gasteiger partial charge on any atom is -0.314 e. The summed E-state index contributed by atoms with van der Waals surface area (Å²) in [6, 6.07) is 7.50. The Morgan fingerprint density at radius 2 is 2.00 bits per heavy atom. The highest BCUT2D eigenvalue weighted by atomic mass is 16.6. The Morgan fingerprint density at radius 3 is 2.65 bits per heavy atom. The van der Waals surface area contributed by atoms with Gasteiger partial charge in [0.2, 0.25) is 0 Å². The van der Waals surface area contributed by atoms with Gasteiger partial charge in [-0.05, 0) is 31.7 Å². The summed E-state index contributed by atoms with van der Waals surface area (Å²) in [7, 11) is 0. The molecule has 4 nitrogen and oxygen atoms in total. The lowest BCUT2D eigenvalue weighted by Crippen LogP contribution is -2.39. The van der Waals surface area contributed by atoms with Gasteiger partial charge in [0.1, 0.15) is 0 Å². The van der Waals surface area contributed by atoms with E-state index >= 15 is 0 Å². The van der Waals surface area contributed by atoms with Crippen LogP contribution in [0.4, 0.5) is 5.69 Å². The Morgan fingerprint density at radius 1 is 1.30 bits per heavy atom. The molecule has 20 heavy (non-hydrogen) atoms. The minimum absolute atomic E-state index is 0.256. The standard InChI is InChI=1S/C16H24N2O2/c1-2-17-15(13-8-4-3-5-9-13)12-14-10-6-7-11-16(14)18(19)20/h6-7,10-11,13,15,17H,2-5,8-9,12H2,1H3. The van der Waals surface area contributed by atoms with Crippen LogP contribution >= 0.6 is 0 Å². The zero-order chi connectivity index (χ0) is 14.4. The molecule has 0 aliphatic heterocycles. The van der Waals surface area contributed by atoms with Crippen LogP contribution in [0.15, 0.2) is 24.3 Å². The molecule has 110 valence electrons. The number of hydrogen-bond donors (Lipinski definition) is 1. The highest BCUT2D eigenvalue weighted by Crippen LogP contribution is 2.29. The molecule has 1 unspecified atom stereocenters. The molecule has 0 bridgehead atoms. The number of para-hydroxylation sites is 1. The molecule has 1 atom stereocenters. The lowest BCUT2D eigenvalue weighted by atomic mass is 9.81. The number of rotatable bonds is 6. The van der Waals surface area contributed by atoms with Crippen molar-refractivity contribution >= 4 is 5.69 Å². The van der Waals surface area contributed by atoms with Crippen LogP contribution in [0.3, 0.4) is 0 Å². The molecule has 1 aliphatic carbocycles. The van der Waals surface area contributed by atoms with Crippen LogP contribution in [0.2, 0.25) is 0 Å². The molecule has 1 fully saturated rings. The Balaban J connectivity index is 2.13. The number of nitro benzene ring substituents is 1. The van der Waals surface area contributed by atoms with E-state index in [2.05, 4.69) is 12.2 Å². The van der Waals surface area contributed by atoms with E-state index in [0.717, 1.165) is 18.5 Å². The SMILES string of the molecule is CCNC(Cc1ccccc1[N+](=O)[O-])C1CCCCC1. The van der Waals surface area contributed by atoms with E-state index in [1.54, 1.807) is 12.1 Å². The normalized spacial score (nSPS) is 17.9. The summed E-state index contributed by atoms with van der Waals surface area (Å²) >= 11 is 0. The lowest BCUT2D eigenvalue weighted by molar-refractivity contribution is -0.385. The van der Waals surface area contributed by atoms with Gasteiger partial charge in [-0.2, -0.15) is 0 Å². The quantitative estimate of drug-likeness (QED) is 0.636. The third-order valence-electron chi connectivity index (χ3n) is 4.31. The maximum atomic E-state index is 11.1. The zero-order valence-corrected chi connectivity index (χ0v) is 12.2. The molecule has 0 radical (unpaired) electrons. The van der Waals surface area contributed by atoms with Crippen molar-refractivity contribution in [2.75, 3.05) is 6.54 Å². The monoisotopic (exact) mass is 276 g/mol. The molecule has 0 spiro atoms. The predicted molar refractivity (Wildman–Crippen MR) is 80.8 cm³/mol. The molecule has 1 N–H and O–H groups in total. The first-order chi connectivity index (χ1) is 9.72. The van der Waals surface area contributed by atoms with Gasteiger partial charge in [0.15, 0.2) is 0 Å². The van der Waals surface area contributed by atoms with Crippen LogP contribution in [0.1, 0.15) is 44.6 Å². The first-order valence-corrected chi connectivity index (χ1v) is 7.68. The third kappa shape index (κ3) is 3.79. The van der Waals surface area contributed by atoms with Gasteiger partial charge < -0.3 is 5.32 Å². The fraction of sp³-hybridized carbons (Fsp3) is 0.625. The van der Waals surface area contributed by atoms with Gasteiger partial charge in [0.05, 0.1) is 4.92 Å². The smallest absolute Gasteiger partial charge is 0.272 e. The second kappa shape index (κ2) is 7.39. The molecule has 0 aromatic heterocycles. The molecule has 1 aromatic rings. The molecular weight excluding hydrogens is 252 g/mol. The van der Waals surface area contributed by atoms with Crippen molar-refractivity contribution in [1.82, 2.24) is 5.32 Å². The van der Waals surface area contributed by atoms with Gasteiger partial charge in [-0.1, -0.05) is 44.4 Å². The molecule has 1 saturated carbocycles. The van der Waals surface area contributed by atoms with Gasteiger partial charge >= 0.3 is 0 Å². The molecule has 1 aromatic carbocycles. The fourth-order valence-electron chi connectivity index (χ4n) is 3.30. The van der Waals surface area contributed by atoms with Crippen LogP contribution in [0.25, 0.3) is 0 Å². The largest absolute Gasteiger partial charge is 0.314 e. The Labute approximate surface area is 120 Å². The van der Waals surface area contributed by atoms with Crippen LogP contribution in [0.5, 0.6) is 0 Å². The number of nitro groups is 1. The Hall–Kier alpha value is -1.42. The molecule has 0 heterocycles. The van der Waals surface area contributed by atoms with E-state index in [4.69, 9.17) is 0 Å². The van der Waals surface area contributed by atoms with E-state index in [1.165, 1.54) is 32.1 Å². The van der Waals surface area contributed by atoms with Crippen LogP contribution in [-0.4, -0.2) is 17.5 Å². The van der Waals surface area contributed by atoms with Crippen molar-refractivity contribution in [2.24, 2.45) is 5.92 Å². The van der Waals surface area contributed by atoms with Crippen molar-refractivity contribution in [3.8, 4) is 0 Å². The van der Waals surface area contributed by atoms with Crippen molar-refractivity contribution in [3.05, 3.63) is 39.9 Å². The highest BCUT2D eigenvalue weighted by molar-refractivity contribution is 5.40. The number of hydrogen-bond acceptors (Lipinski definition) is 3. The Kier molecular flexibility index (Phi) is 5.53. The lowest BCUT2D eigenvalue weighted by Gasteiger charge is -2.31. The average molecular weight is 276 g/mol. The van der Waals surface area contributed by atoms with Crippen LogP contribution < -0.4 is 5.32 Å². The summed E-state index contributed by atoms with van der Waals surface area (Å²) < 4.78 is 0. The zero-order valence-electron chi connectivity index (χ0n) is 12.2. The summed E-state index contributed by atoms with van der Waals surface area (Å²) in [6.07, 6.45) is 7.18. The first kappa shape index (κ1) is 15.0. The molecule has 1 aliphatic rings. The molecular formula is C16H24N2O2. The van der Waals surface area contributed by atoms with Crippen molar-refractivity contribution in [1.29, 1.82) is 0 Å². The van der Waals surface area contributed by atoms with Crippen molar-refractivity contribution in [3.63, 3.8) is 0 Å². The topological polar surface area (TPSA) is 55.2 Å². The molecule has 2 rings (SSSR count). The summed E-state index contributed by atoms with van der Waals surface area (Å²) in [6.45, 7) is 3.02. The van der Waals surface area contributed by atoms with E-state index in [0.29, 0.717) is 12.0 Å². The van der Waals surface area contributed by atoms with Gasteiger partial charge in [0.25, 0.3) is 5.69 Å². The first-order valence-electron chi connectivity index (χ1n) is 7.68. The van der Waals surface area contributed by atoms with Gasteiger partial charge in [-0.3, -0.25) is 10.1 Å². The summed E-state index contributed by atoms with van der Waals surface area (Å²) in [5.41, 5.74) is 1.11. The van der Waals surface area contributed by atoms with Crippen molar-refractivity contribution < 1.29 is 4.92 Å². The second-order valence-electron chi connectivity index (χ2n) is 5.65. The summed E-state index contributed by atoms with van der Waals surface area (Å²) in [4.78, 5) is 10.9. The number of nitrogens with one attached hydrogen (secondary N) is 1. The van der Waals surface area contributed by atoms with Crippen molar-refractivity contribution in [2.45, 2.75) is 51.5 Å². The van der Waals surface area contributed by atoms with Gasteiger partial charge in [0, 0.05) is 17.7 Å². The number of nitrogens with zero attached hydrogens (tertiary/aromatic N) is 1. The second-order valence-corrected chi connectivity index (χ2v) is 5.65. The highest BCUT2D eigenvalue weighted by Gasteiger charge is 2.25.